The van der Waals surface area contributed by atoms with Gasteiger partial charge in [-0.25, -0.2) is 0 Å². The van der Waals surface area contributed by atoms with Gasteiger partial charge in [-0.15, -0.1) is 0 Å². The van der Waals surface area contributed by atoms with Crippen molar-refractivity contribution >= 4 is 5.69 Å². The fourth-order valence-electron chi connectivity index (χ4n) is 6.16. The predicted molar refractivity (Wildman–Crippen MR) is 129 cm³/mol. The van der Waals surface area contributed by atoms with Crippen molar-refractivity contribution in [3.8, 4) is 11.5 Å². The van der Waals surface area contributed by atoms with Crippen molar-refractivity contribution in [2.75, 3.05) is 18.0 Å². The van der Waals surface area contributed by atoms with E-state index >= 15 is 0 Å². The molecule has 2 aliphatic carbocycles. The Hall–Kier alpha value is -2.00. The summed E-state index contributed by atoms with van der Waals surface area (Å²) in [6.07, 6.45) is 15.3. The van der Waals surface area contributed by atoms with Gasteiger partial charge in [0.15, 0.2) is 0 Å². The van der Waals surface area contributed by atoms with Crippen LogP contribution >= 0.6 is 0 Å². The van der Waals surface area contributed by atoms with Crippen molar-refractivity contribution in [3.05, 3.63) is 54.6 Å². The molecule has 0 bridgehead atoms. The van der Waals surface area contributed by atoms with Crippen molar-refractivity contribution in [1.29, 1.82) is 0 Å². The Bertz CT molecular complexity index is 794. The smallest absolute Gasteiger partial charge is 0.127 e. The summed E-state index contributed by atoms with van der Waals surface area (Å²) >= 11 is 0. The third-order valence-electron chi connectivity index (χ3n) is 7.76. The summed E-state index contributed by atoms with van der Waals surface area (Å²) in [5.41, 5.74) is 1.39. The first kappa shape index (κ1) is 20.9. The third kappa shape index (κ3) is 5.09. The largest absolute Gasteiger partial charge is 0.457 e. The number of benzene rings is 2. The summed E-state index contributed by atoms with van der Waals surface area (Å²) in [7, 11) is 0. The standard InChI is InChI=1S/C28H38N2O/c1-4-10-23(11-5-1)29-21-20-26(22-29)30(24-12-6-2-7-13-24)25-16-18-28(19-17-25)31-27-14-8-3-9-15-27/h3,8-9,14-19,23-24,26H,1-2,4-7,10-13,20-22H2. The second-order valence-electron chi connectivity index (χ2n) is 9.84. The van der Waals surface area contributed by atoms with Crippen LogP contribution in [0.25, 0.3) is 0 Å². The number of ether oxygens (including phenoxy) is 1. The van der Waals surface area contributed by atoms with Crippen LogP contribution in [0.3, 0.4) is 0 Å². The number of hydrogen-bond donors (Lipinski definition) is 0. The van der Waals surface area contributed by atoms with E-state index in [9.17, 15) is 0 Å². The lowest BCUT2D eigenvalue weighted by Gasteiger charge is -2.41. The van der Waals surface area contributed by atoms with Gasteiger partial charge in [0.2, 0.25) is 0 Å². The summed E-state index contributed by atoms with van der Waals surface area (Å²) in [5, 5.41) is 0. The number of anilines is 1. The fourth-order valence-corrected chi connectivity index (χ4v) is 6.16. The van der Waals surface area contributed by atoms with E-state index in [1.807, 2.05) is 30.3 Å². The molecule has 0 radical (unpaired) electrons. The predicted octanol–water partition coefficient (Wildman–Crippen LogP) is 7.03. The first-order chi connectivity index (χ1) is 15.4. The van der Waals surface area contributed by atoms with E-state index in [4.69, 9.17) is 4.74 Å². The van der Waals surface area contributed by atoms with Crippen LogP contribution < -0.4 is 9.64 Å². The van der Waals surface area contributed by atoms with E-state index in [1.165, 1.54) is 89.4 Å². The highest BCUT2D eigenvalue weighted by molar-refractivity contribution is 5.52. The van der Waals surface area contributed by atoms with Gasteiger partial charge in [-0.05, 0) is 68.5 Å². The molecule has 3 nitrogen and oxygen atoms in total. The van der Waals surface area contributed by atoms with Crippen LogP contribution in [0.15, 0.2) is 54.6 Å². The lowest BCUT2D eigenvalue weighted by molar-refractivity contribution is 0.188. The third-order valence-corrected chi connectivity index (χ3v) is 7.76. The normalized spacial score (nSPS) is 23.7. The topological polar surface area (TPSA) is 15.7 Å². The van der Waals surface area contributed by atoms with Gasteiger partial charge in [-0.2, -0.15) is 0 Å². The van der Waals surface area contributed by atoms with Crippen LogP contribution in [0, 0.1) is 0 Å². The van der Waals surface area contributed by atoms with Gasteiger partial charge < -0.3 is 9.64 Å². The van der Waals surface area contributed by atoms with E-state index in [1.54, 1.807) is 0 Å². The molecule has 2 aromatic rings. The quantitative estimate of drug-likeness (QED) is 0.501. The minimum atomic E-state index is 0.658. The Labute approximate surface area is 188 Å². The zero-order chi connectivity index (χ0) is 20.9. The lowest BCUT2D eigenvalue weighted by atomic mass is 9.92. The molecule has 3 aliphatic rings. The summed E-state index contributed by atoms with van der Waals surface area (Å²) in [6, 6.07) is 21.2. The average Bonchev–Trinajstić information content (AvgIpc) is 3.32. The molecule has 0 N–H and O–H groups in total. The Morgan fingerprint density at radius 3 is 2.00 bits per heavy atom. The molecule has 5 rings (SSSR count). The summed E-state index contributed by atoms with van der Waals surface area (Å²) in [4.78, 5) is 5.64. The highest BCUT2D eigenvalue weighted by atomic mass is 16.5. The second kappa shape index (κ2) is 10.1. The summed E-state index contributed by atoms with van der Waals surface area (Å²) in [5.74, 6) is 1.83. The van der Waals surface area contributed by atoms with Gasteiger partial charge in [0.25, 0.3) is 0 Å². The molecule has 3 fully saturated rings. The maximum Gasteiger partial charge on any atom is 0.127 e. The molecule has 2 aromatic carbocycles. The number of rotatable bonds is 6. The van der Waals surface area contributed by atoms with Crippen molar-refractivity contribution in [2.24, 2.45) is 0 Å². The second-order valence-corrected chi connectivity index (χ2v) is 9.84. The molecular weight excluding hydrogens is 380 g/mol. The summed E-state index contributed by atoms with van der Waals surface area (Å²) in [6.45, 7) is 2.54. The SMILES string of the molecule is c1ccc(Oc2ccc(N(C3CCCCC3)C3CCN(C4CCCCC4)C3)cc2)cc1. The van der Waals surface area contributed by atoms with Gasteiger partial charge in [0, 0.05) is 36.9 Å². The molecule has 0 aromatic heterocycles. The molecule has 1 heterocycles. The zero-order valence-corrected chi connectivity index (χ0v) is 18.9. The molecular formula is C28H38N2O. The minimum absolute atomic E-state index is 0.658. The van der Waals surface area contributed by atoms with Crippen LogP contribution in [-0.4, -0.2) is 36.1 Å². The molecule has 1 saturated heterocycles. The molecule has 1 unspecified atom stereocenters. The lowest BCUT2D eigenvalue weighted by Crippen LogP contribution is -2.46. The van der Waals surface area contributed by atoms with Crippen LogP contribution in [0.1, 0.15) is 70.6 Å². The summed E-state index contributed by atoms with van der Waals surface area (Å²) < 4.78 is 6.05. The molecule has 1 aliphatic heterocycles. The van der Waals surface area contributed by atoms with E-state index in [2.05, 4.69) is 34.1 Å². The molecule has 2 saturated carbocycles. The first-order valence-electron chi connectivity index (χ1n) is 12.7. The molecule has 31 heavy (non-hydrogen) atoms. The number of hydrogen-bond acceptors (Lipinski definition) is 3. The molecule has 166 valence electrons. The Morgan fingerprint density at radius 2 is 1.29 bits per heavy atom. The van der Waals surface area contributed by atoms with Gasteiger partial charge in [0.05, 0.1) is 0 Å². The zero-order valence-electron chi connectivity index (χ0n) is 18.9. The minimum Gasteiger partial charge on any atom is -0.457 e. The van der Waals surface area contributed by atoms with Gasteiger partial charge in [-0.3, -0.25) is 4.90 Å². The van der Waals surface area contributed by atoms with Crippen molar-refractivity contribution in [3.63, 3.8) is 0 Å². The van der Waals surface area contributed by atoms with Crippen molar-refractivity contribution in [2.45, 2.75) is 88.8 Å². The fraction of sp³-hybridized carbons (Fsp3) is 0.571. The van der Waals surface area contributed by atoms with Crippen LogP contribution in [0.5, 0.6) is 11.5 Å². The van der Waals surface area contributed by atoms with Crippen LogP contribution in [0.2, 0.25) is 0 Å². The maximum absolute atomic E-state index is 6.05. The van der Waals surface area contributed by atoms with Crippen molar-refractivity contribution < 1.29 is 4.74 Å². The monoisotopic (exact) mass is 418 g/mol. The average molecular weight is 419 g/mol. The van der Waals surface area contributed by atoms with Crippen molar-refractivity contribution in [1.82, 2.24) is 4.90 Å². The molecule has 0 amide bonds. The first-order valence-corrected chi connectivity index (χ1v) is 12.7. The Kier molecular flexibility index (Phi) is 6.79. The Morgan fingerprint density at radius 1 is 0.645 bits per heavy atom. The highest BCUT2D eigenvalue weighted by Crippen LogP contribution is 2.35. The number of para-hydroxylation sites is 1. The van der Waals surface area contributed by atoms with E-state index in [0.29, 0.717) is 12.1 Å². The number of nitrogens with zero attached hydrogens (tertiary/aromatic N) is 2. The highest BCUT2D eigenvalue weighted by Gasteiger charge is 2.35. The van der Waals surface area contributed by atoms with E-state index in [-0.39, 0.29) is 0 Å². The van der Waals surface area contributed by atoms with E-state index in [0.717, 1.165) is 17.5 Å². The van der Waals surface area contributed by atoms with E-state index < -0.39 is 0 Å². The van der Waals surface area contributed by atoms with Gasteiger partial charge in [0.1, 0.15) is 11.5 Å². The van der Waals surface area contributed by atoms with Crippen LogP contribution in [0.4, 0.5) is 5.69 Å². The van der Waals surface area contributed by atoms with Gasteiger partial charge in [-0.1, -0.05) is 56.7 Å². The Balaban J connectivity index is 1.31. The maximum atomic E-state index is 6.05. The molecule has 3 heteroatoms. The number of likely N-dealkylation sites (tertiary alicyclic amines) is 1. The van der Waals surface area contributed by atoms with Gasteiger partial charge >= 0.3 is 0 Å². The molecule has 0 spiro atoms. The molecule has 1 atom stereocenters. The van der Waals surface area contributed by atoms with Crippen LogP contribution in [-0.2, 0) is 0 Å².